The number of amides is 1. The van der Waals surface area contributed by atoms with Gasteiger partial charge in [-0.2, -0.15) is 0 Å². The average molecular weight is 305 g/mol. The Morgan fingerprint density at radius 2 is 1.84 bits per heavy atom. The van der Waals surface area contributed by atoms with Crippen LogP contribution < -0.4 is 10.0 Å². The van der Waals surface area contributed by atoms with Crippen LogP contribution in [0.1, 0.15) is 12.5 Å². The van der Waals surface area contributed by atoms with Crippen LogP contribution >= 0.6 is 11.6 Å². The van der Waals surface area contributed by atoms with Crippen molar-refractivity contribution in [2.75, 3.05) is 19.0 Å². The molecule has 1 rings (SSSR count). The van der Waals surface area contributed by atoms with Crippen LogP contribution in [0.4, 0.5) is 0 Å². The lowest BCUT2D eigenvalue weighted by Gasteiger charge is -2.07. The summed E-state index contributed by atoms with van der Waals surface area (Å²) < 4.78 is 26.2. The third kappa shape index (κ3) is 5.59. The fourth-order valence-electron chi connectivity index (χ4n) is 1.45. The van der Waals surface area contributed by atoms with E-state index in [1.165, 1.54) is 6.92 Å². The van der Waals surface area contributed by atoms with Crippen molar-refractivity contribution in [1.82, 2.24) is 10.0 Å². The number of alkyl halides is 1. The van der Waals surface area contributed by atoms with Gasteiger partial charge in [-0.25, -0.2) is 13.1 Å². The molecule has 19 heavy (non-hydrogen) atoms. The highest BCUT2D eigenvalue weighted by Gasteiger charge is 2.12. The Morgan fingerprint density at radius 1 is 1.21 bits per heavy atom. The number of sulfonamides is 1. The van der Waals surface area contributed by atoms with Crippen molar-refractivity contribution in [1.29, 1.82) is 0 Å². The Balaban J connectivity index is 2.59. The highest BCUT2D eigenvalue weighted by molar-refractivity contribution is 7.89. The first-order valence-electron chi connectivity index (χ1n) is 5.84. The molecule has 0 saturated carbocycles. The fraction of sp³-hybridized carbons (Fsp3) is 0.417. The van der Waals surface area contributed by atoms with Crippen LogP contribution in [0.15, 0.2) is 29.2 Å². The Hall–Kier alpha value is -1.11. The van der Waals surface area contributed by atoms with Crippen LogP contribution in [0.3, 0.4) is 0 Å². The predicted molar refractivity (Wildman–Crippen MR) is 74.7 cm³/mol. The molecule has 0 aromatic heterocycles. The second kappa shape index (κ2) is 7.47. The molecule has 106 valence electrons. The molecule has 7 heteroatoms. The number of rotatable bonds is 7. The van der Waals surface area contributed by atoms with Gasteiger partial charge in [0.25, 0.3) is 0 Å². The molecule has 0 aliphatic carbocycles. The van der Waals surface area contributed by atoms with Gasteiger partial charge in [0, 0.05) is 25.9 Å². The summed E-state index contributed by atoms with van der Waals surface area (Å²) in [5, 5.41) is 2.51. The smallest absolute Gasteiger partial charge is 0.240 e. The monoisotopic (exact) mass is 304 g/mol. The Labute approximate surface area is 118 Å². The van der Waals surface area contributed by atoms with E-state index in [4.69, 9.17) is 11.6 Å². The molecule has 0 unspecified atom stereocenters. The Kier molecular flexibility index (Phi) is 6.27. The van der Waals surface area contributed by atoms with Gasteiger partial charge in [0.05, 0.1) is 4.90 Å². The number of carbonyl (C=O) groups excluding carboxylic acids is 1. The van der Waals surface area contributed by atoms with E-state index in [9.17, 15) is 13.2 Å². The molecule has 1 amide bonds. The van der Waals surface area contributed by atoms with E-state index in [0.717, 1.165) is 5.56 Å². The number of hydrogen-bond acceptors (Lipinski definition) is 3. The van der Waals surface area contributed by atoms with E-state index in [0.29, 0.717) is 12.3 Å². The van der Waals surface area contributed by atoms with E-state index in [1.807, 2.05) is 0 Å². The van der Waals surface area contributed by atoms with Gasteiger partial charge < -0.3 is 5.32 Å². The van der Waals surface area contributed by atoms with E-state index < -0.39 is 10.0 Å². The van der Waals surface area contributed by atoms with Gasteiger partial charge in [-0.15, -0.1) is 11.6 Å². The first-order chi connectivity index (χ1) is 8.95. The quantitative estimate of drug-likeness (QED) is 0.580. The SMILES string of the molecule is CC(=O)NCCNS(=O)(=O)c1ccc(CCCl)cc1. The van der Waals surface area contributed by atoms with Crippen LogP contribution in [0.5, 0.6) is 0 Å². The topological polar surface area (TPSA) is 75.3 Å². The van der Waals surface area contributed by atoms with E-state index >= 15 is 0 Å². The summed E-state index contributed by atoms with van der Waals surface area (Å²) in [6.07, 6.45) is 0.706. The molecular formula is C12H17ClN2O3S. The summed E-state index contributed by atoms with van der Waals surface area (Å²) >= 11 is 5.61. The van der Waals surface area contributed by atoms with Gasteiger partial charge in [0.15, 0.2) is 0 Å². The molecule has 0 aliphatic heterocycles. The van der Waals surface area contributed by atoms with Crippen LogP contribution in [0.25, 0.3) is 0 Å². The molecule has 0 atom stereocenters. The maximum Gasteiger partial charge on any atom is 0.240 e. The molecule has 0 aliphatic rings. The molecule has 1 aromatic carbocycles. The van der Waals surface area contributed by atoms with Crippen molar-refractivity contribution in [2.45, 2.75) is 18.2 Å². The highest BCUT2D eigenvalue weighted by atomic mass is 35.5. The van der Waals surface area contributed by atoms with E-state index in [1.54, 1.807) is 24.3 Å². The van der Waals surface area contributed by atoms with Crippen LogP contribution in [0, 0.1) is 0 Å². The summed E-state index contributed by atoms with van der Waals surface area (Å²) in [6.45, 7) is 1.80. The molecule has 0 spiro atoms. The lowest BCUT2D eigenvalue weighted by Crippen LogP contribution is -2.33. The van der Waals surface area contributed by atoms with Crippen LogP contribution in [-0.2, 0) is 21.2 Å². The minimum Gasteiger partial charge on any atom is -0.355 e. The van der Waals surface area contributed by atoms with Crippen molar-refractivity contribution in [3.63, 3.8) is 0 Å². The first kappa shape index (κ1) is 15.9. The van der Waals surface area contributed by atoms with Crippen molar-refractivity contribution < 1.29 is 13.2 Å². The van der Waals surface area contributed by atoms with Gasteiger partial charge in [-0.3, -0.25) is 4.79 Å². The minimum absolute atomic E-state index is 0.158. The molecular weight excluding hydrogens is 288 g/mol. The zero-order valence-corrected chi connectivity index (χ0v) is 12.2. The number of halogens is 1. The van der Waals surface area contributed by atoms with Crippen LogP contribution in [0.2, 0.25) is 0 Å². The molecule has 2 N–H and O–H groups in total. The third-order valence-electron chi connectivity index (χ3n) is 2.41. The zero-order valence-electron chi connectivity index (χ0n) is 10.6. The van der Waals surface area contributed by atoms with Gasteiger partial charge in [0.2, 0.25) is 15.9 Å². The largest absolute Gasteiger partial charge is 0.355 e. The van der Waals surface area contributed by atoms with Gasteiger partial charge >= 0.3 is 0 Å². The minimum atomic E-state index is -3.52. The molecule has 5 nitrogen and oxygen atoms in total. The lowest BCUT2D eigenvalue weighted by molar-refractivity contribution is -0.118. The normalized spacial score (nSPS) is 11.3. The number of nitrogens with one attached hydrogen (secondary N) is 2. The second-order valence-electron chi connectivity index (χ2n) is 3.96. The Morgan fingerprint density at radius 3 is 2.37 bits per heavy atom. The maximum atomic E-state index is 11.9. The average Bonchev–Trinajstić information content (AvgIpc) is 2.36. The summed E-state index contributed by atoms with van der Waals surface area (Å²) in [5.41, 5.74) is 0.993. The summed E-state index contributed by atoms with van der Waals surface area (Å²) in [7, 11) is -3.52. The zero-order chi connectivity index (χ0) is 14.3. The summed E-state index contributed by atoms with van der Waals surface area (Å²) in [4.78, 5) is 10.8. The molecule has 0 heterocycles. The van der Waals surface area contributed by atoms with Gasteiger partial charge in [-0.1, -0.05) is 12.1 Å². The molecule has 0 radical (unpaired) electrons. The van der Waals surface area contributed by atoms with Gasteiger partial charge in [-0.05, 0) is 24.1 Å². The van der Waals surface area contributed by atoms with Crippen molar-refractivity contribution in [3.8, 4) is 0 Å². The summed E-state index contributed by atoms with van der Waals surface area (Å²) in [5.74, 6) is 0.311. The second-order valence-corrected chi connectivity index (χ2v) is 6.11. The predicted octanol–water partition coefficient (Wildman–Crippen LogP) is 0.882. The van der Waals surface area contributed by atoms with E-state index in [-0.39, 0.29) is 23.9 Å². The highest BCUT2D eigenvalue weighted by Crippen LogP contribution is 2.11. The number of aryl methyl sites for hydroxylation is 1. The lowest BCUT2D eigenvalue weighted by atomic mass is 10.2. The Bertz CT molecular complexity index is 514. The molecule has 0 saturated heterocycles. The molecule has 0 fully saturated rings. The fourth-order valence-corrected chi connectivity index (χ4v) is 2.70. The number of hydrogen-bond donors (Lipinski definition) is 2. The standard InChI is InChI=1S/C12H17ClN2O3S/c1-10(16)14-8-9-15-19(17,18)12-4-2-11(3-5-12)6-7-13/h2-5,15H,6-9H2,1H3,(H,14,16). The number of carbonyl (C=O) groups is 1. The van der Waals surface area contributed by atoms with Crippen LogP contribution in [-0.4, -0.2) is 33.3 Å². The van der Waals surface area contributed by atoms with Gasteiger partial charge in [0.1, 0.15) is 0 Å². The molecule has 1 aromatic rings. The summed E-state index contributed by atoms with van der Waals surface area (Å²) in [6, 6.07) is 6.57. The maximum absolute atomic E-state index is 11.9. The van der Waals surface area contributed by atoms with Crippen molar-refractivity contribution in [3.05, 3.63) is 29.8 Å². The third-order valence-corrected chi connectivity index (χ3v) is 4.07. The number of benzene rings is 1. The van der Waals surface area contributed by atoms with Crippen molar-refractivity contribution >= 4 is 27.5 Å². The molecule has 0 bridgehead atoms. The first-order valence-corrected chi connectivity index (χ1v) is 7.86. The van der Waals surface area contributed by atoms with Crippen molar-refractivity contribution in [2.24, 2.45) is 0 Å². The van der Waals surface area contributed by atoms with E-state index in [2.05, 4.69) is 10.0 Å².